The average Bonchev–Trinajstić information content (AvgIpc) is 3.46. The molecule has 0 spiro atoms. The Balaban J connectivity index is 0.0000145. The Hall–Kier alpha value is -3.84. The summed E-state index contributed by atoms with van der Waals surface area (Å²) in [4.78, 5) is 120. The molecule has 21 nitrogen and oxygen atoms in total. The first kappa shape index (κ1) is 57.3. The Kier molecular flexibility index (Phi) is 26.2. The predicted molar refractivity (Wildman–Crippen MR) is 237 cm³/mol. The summed E-state index contributed by atoms with van der Waals surface area (Å²) >= 11 is 1.51. The molecule has 2 aliphatic rings. The number of likely N-dealkylation sites (tertiary alicyclic amines) is 1. The molecule has 1 unspecified atom stereocenters. The van der Waals surface area contributed by atoms with Gasteiger partial charge in [-0.2, -0.15) is 11.8 Å². The Morgan fingerprint density at radius 1 is 0.754 bits per heavy atom. The van der Waals surface area contributed by atoms with Crippen molar-refractivity contribution in [3.8, 4) is 0 Å². The van der Waals surface area contributed by atoms with E-state index < -0.39 is 35.9 Å². The maximum Gasteiger partial charge on any atom is 0.319 e. The number of ketones is 1. The number of imide groups is 1. The Morgan fingerprint density at radius 3 is 1.68 bits per heavy atom. The first-order valence-electron chi connectivity index (χ1n) is 21.5. The molecule has 1 aromatic carbocycles. The van der Waals surface area contributed by atoms with Crippen molar-refractivity contribution in [2.45, 2.75) is 52.6 Å². The number of carbonyl (C=O) groups excluding carboxylic acids is 6. The Labute approximate surface area is 416 Å². The fourth-order valence-corrected chi connectivity index (χ4v) is 7.79. The summed E-state index contributed by atoms with van der Waals surface area (Å²) in [5.41, 5.74) is 1.15. The smallest absolute Gasteiger partial charge is 0.319 e. The average molecular weight is 1080 g/mol. The second-order valence-electron chi connectivity index (χ2n) is 16.5. The van der Waals surface area contributed by atoms with E-state index in [0.717, 1.165) is 10.5 Å². The van der Waals surface area contributed by atoms with Crippen molar-refractivity contribution in [1.82, 2.24) is 40.4 Å². The molecule has 65 heavy (non-hydrogen) atoms. The number of amides is 6. The molecule has 364 valence electrons. The quantitative estimate of drug-likeness (QED) is 0.0697. The number of rotatable bonds is 23. The third-order valence-electron chi connectivity index (χ3n) is 11.0. The standard InChI is InChI=1S/C42H65N9O12S.Gd/c1-28(2)32(40(61)43-10-11-51-36(54)21-29(3)41(51)62)22-34(52)33(9-20-64-4)46-42(63)45-31-7-5-30(6-8-31)23-44-35(53)24-47-12-14-48(25-37(55)56)16-18-50(27-39(59)60)19-17-49(15-13-47)26-38(57)58;/h5-8,28-29,32-33H,9-27H2,1-4H3,(H,43,61)(H,44,53)(H,55,56)(H,57,58)(H,59,60)(H2,45,46,63);/t29?,32-,33-;/m0./s1. The van der Waals surface area contributed by atoms with E-state index in [-0.39, 0.29) is 179 Å². The van der Waals surface area contributed by atoms with Crippen molar-refractivity contribution >= 4 is 70.8 Å². The van der Waals surface area contributed by atoms with Crippen molar-refractivity contribution in [1.29, 1.82) is 0 Å². The number of Topliss-reactive ketones (excluding diaryl/α,β-unsaturated/α-hetero) is 1. The second-order valence-corrected chi connectivity index (χ2v) is 17.5. The number of hydrogen-bond donors (Lipinski definition) is 7. The molecular formula is C42H65GdN9O12S. The van der Waals surface area contributed by atoms with Gasteiger partial charge in [0.1, 0.15) is 0 Å². The zero-order chi connectivity index (χ0) is 47.3. The van der Waals surface area contributed by atoms with Crippen LogP contribution in [-0.2, 0) is 44.9 Å². The number of anilines is 1. The number of nitrogens with one attached hydrogen (secondary N) is 4. The fraction of sp³-hybridized carbons (Fsp3) is 0.643. The summed E-state index contributed by atoms with van der Waals surface area (Å²) in [5.74, 6) is -5.42. The molecule has 0 bridgehead atoms. The number of aliphatic carboxylic acids is 3. The van der Waals surface area contributed by atoms with Gasteiger partial charge >= 0.3 is 23.9 Å². The van der Waals surface area contributed by atoms with Gasteiger partial charge in [0.25, 0.3) is 0 Å². The number of thioether (sulfide) groups is 1. The van der Waals surface area contributed by atoms with Crippen LogP contribution in [0.1, 0.15) is 45.6 Å². The van der Waals surface area contributed by atoms with E-state index in [0.29, 0.717) is 31.0 Å². The fourth-order valence-electron chi connectivity index (χ4n) is 7.32. The SMILES string of the molecule is CSCC[C@H](NC(=O)Nc1ccc(CNC(=O)CN2CCN(CC(=O)O)CCN(CC(=O)O)CCN(CC(=O)O)CC2)cc1)C(=O)C[C@H](C(=O)NCCN1C(=O)CC(C)C1=O)C(C)C.[Gd]. The summed E-state index contributed by atoms with van der Waals surface area (Å²) in [5, 5.41) is 39.4. The molecule has 0 aromatic heterocycles. The molecule has 6 amide bonds. The van der Waals surface area contributed by atoms with Crippen LogP contribution in [0, 0.1) is 57.7 Å². The van der Waals surface area contributed by atoms with Crippen LogP contribution >= 0.6 is 11.8 Å². The molecule has 2 fully saturated rings. The van der Waals surface area contributed by atoms with Crippen molar-refractivity contribution < 1.29 is 98.4 Å². The molecular weight excluding hydrogens is 1010 g/mol. The molecule has 0 radical (unpaired) electrons. The minimum atomic E-state index is -1.05. The normalized spacial score (nSPS) is 18.1. The molecule has 3 atom stereocenters. The van der Waals surface area contributed by atoms with E-state index in [1.54, 1.807) is 45.9 Å². The third-order valence-corrected chi connectivity index (χ3v) is 11.7. The van der Waals surface area contributed by atoms with Gasteiger partial charge in [-0.1, -0.05) is 32.9 Å². The Morgan fingerprint density at radius 2 is 1.25 bits per heavy atom. The summed E-state index contributed by atoms with van der Waals surface area (Å²) in [6.45, 7) is 6.91. The van der Waals surface area contributed by atoms with Crippen LogP contribution in [0.25, 0.3) is 0 Å². The number of nitrogens with zero attached hydrogens (tertiary/aromatic N) is 5. The van der Waals surface area contributed by atoms with Gasteiger partial charge in [-0.3, -0.25) is 62.9 Å². The number of carboxylic acids is 3. The van der Waals surface area contributed by atoms with Gasteiger partial charge in [-0.15, -0.1) is 0 Å². The number of carbonyl (C=O) groups is 9. The molecule has 1 aromatic rings. The first-order chi connectivity index (χ1) is 30.3. The minimum absolute atomic E-state index is 0. The van der Waals surface area contributed by atoms with Gasteiger partial charge in [0.15, 0.2) is 5.78 Å². The number of urea groups is 1. The van der Waals surface area contributed by atoms with E-state index in [1.165, 1.54) is 11.8 Å². The monoisotopic (exact) mass is 1080 g/mol. The number of benzene rings is 1. The molecule has 3 rings (SSSR count). The summed E-state index contributed by atoms with van der Waals surface area (Å²) < 4.78 is 0. The van der Waals surface area contributed by atoms with Gasteiger partial charge in [-0.25, -0.2) is 4.79 Å². The molecule has 23 heteroatoms. The summed E-state index contributed by atoms with van der Waals surface area (Å²) in [6.07, 6.45) is 2.23. The van der Waals surface area contributed by atoms with Crippen LogP contribution in [0.4, 0.5) is 10.5 Å². The zero-order valence-electron chi connectivity index (χ0n) is 37.6. The predicted octanol–water partition coefficient (Wildman–Crippen LogP) is -0.236. The van der Waals surface area contributed by atoms with E-state index in [1.807, 2.05) is 25.0 Å². The van der Waals surface area contributed by atoms with Gasteiger partial charge in [0, 0.05) is 142 Å². The molecule has 0 saturated carbocycles. The Bertz CT molecular complexity index is 1760. The number of carboxylic acid groups (broad SMARTS) is 3. The molecule has 2 saturated heterocycles. The topological polar surface area (TPSA) is 279 Å². The van der Waals surface area contributed by atoms with Gasteiger partial charge in [-0.05, 0) is 42.0 Å². The molecule has 2 aliphatic heterocycles. The largest absolute Gasteiger partial charge is 0.480 e. The summed E-state index contributed by atoms with van der Waals surface area (Å²) in [6, 6.07) is 5.23. The van der Waals surface area contributed by atoms with Crippen molar-refractivity contribution in [2.75, 3.05) is 109 Å². The first-order valence-corrected chi connectivity index (χ1v) is 22.9. The summed E-state index contributed by atoms with van der Waals surface area (Å²) in [7, 11) is 0. The van der Waals surface area contributed by atoms with Crippen molar-refractivity contribution in [3.63, 3.8) is 0 Å². The van der Waals surface area contributed by atoms with Crippen LogP contribution in [0.3, 0.4) is 0 Å². The van der Waals surface area contributed by atoms with Crippen LogP contribution in [0.5, 0.6) is 0 Å². The van der Waals surface area contributed by atoms with E-state index in [4.69, 9.17) is 0 Å². The maximum atomic E-state index is 13.6. The second kappa shape index (κ2) is 29.7. The van der Waals surface area contributed by atoms with E-state index >= 15 is 0 Å². The van der Waals surface area contributed by atoms with Crippen LogP contribution < -0.4 is 21.3 Å². The molecule has 7 N–H and O–H groups in total. The van der Waals surface area contributed by atoms with Crippen LogP contribution in [0.15, 0.2) is 24.3 Å². The van der Waals surface area contributed by atoms with Gasteiger partial charge in [0.2, 0.25) is 23.6 Å². The van der Waals surface area contributed by atoms with Crippen molar-refractivity contribution in [2.24, 2.45) is 17.8 Å². The maximum absolute atomic E-state index is 13.6. The van der Waals surface area contributed by atoms with Crippen LogP contribution in [0.2, 0.25) is 0 Å². The number of hydrogen-bond acceptors (Lipinski definition) is 14. The van der Waals surface area contributed by atoms with Crippen LogP contribution in [-0.4, -0.2) is 203 Å². The van der Waals surface area contributed by atoms with E-state index in [2.05, 4.69) is 21.3 Å². The molecule has 0 aliphatic carbocycles. The van der Waals surface area contributed by atoms with Gasteiger partial charge < -0.3 is 36.6 Å². The van der Waals surface area contributed by atoms with Crippen molar-refractivity contribution in [3.05, 3.63) is 29.8 Å². The third kappa shape index (κ3) is 21.6. The van der Waals surface area contributed by atoms with E-state index in [9.17, 15) is 58.5 Å². The zero-order valence-corrected chi connectivity index (χ0v) is 40.7. The van der Waals surface area contributed by atoms with Gasteiger partial charge in [0.05, 0.1) is 32.2 Å². The molecule has 2 heterocycles. The minimum Gasteiger partial charge on any atom is -0.480 e.